The maximum Gasteiger partial charge on any atom is 0.245 e. The number of para-hydroxylation sites is 2. The highest BCUT2D eigenvalue weighted by atomic mass is 16.5. The van der Waals surface area contributed by atoms with Gasteiger partial charge in [0.2, 0.25) is 11.8 Å². The van der Waals surface area contributed by atoms with Gasteiger partial charge in [-0.3, -0.25) is 9.59 Å². The van der Waals surface area contributed by atoms with Gasteiger partial charge in [-0.2, -0.15) is 0 Å². The highest BCUT2D eigenvalue weighted by molar-refractivity contribution is 5.88. The van der Waals surface area contributed by atoms with E-state index in [1.165, 1.54) is 5.56 Å². The fourth-order valence-electron chi connectivity index (χ4n) is 4.67. The quantitative estimate of drug-likeness (QED) is 0.633. The lowest BCUT2D eigenvalue weighted by molar-refractivity contribution is -0.143. The first-order valence-electron chi connectivity index (χ1n) is 11.6. The van der Waals surface area contributed by atoms with Crippen LogP contribution in [0.25, 0.3) is 0 Å². The Bertz CT molecular complexity index is 911. The van der Waals surface area contributed by atoms with Gasteiger partial charge in [-0.1, -0.05) is 42.5 Å². The van der Waals surface area contributed by atoms with E-state index in [9.17, 15) is 9.59 Å². The van der Waals surface area contributed by atoms with E-state index in [0.717, 1.165) is 38.8 Å². The maximum absolute atomic E-state index is 13.2. The zero-order chi connectivity index (χ0) is 22.3. The molecule has 2 heterocycles. The van der Waals surface area contributed by atoms with Gasteiger partial charge < -0.3 is 19.3 Å². The van der Waals surface area contributed by atoms with Crippen LogP contribution < -0.4 is 9.47 Å². The van der Waals surface area contributed by atoms with Crippen LogP contribution in [0.15, 0.2) is 54.6 Å². The number of hydrogen-bond acceptors (Lipinski definition) is 4. The number of benzene rings is 2. The van der Waals surface area contributed by atoms with E-state index in [4.69, 9.17) is 9.47 Å². The van der Waals surface area contributed by atoms with Crippen LogP contribution in [-0.4, -0.2) is 60.5 Å². The van der Waals surface area contributed by atoms with Crippen molar-refractivity contribution in [2.45, 2.75) is 50.7 Å². The second-order valence-electron chi connectivity index (χ2n) is 8.56. The topological polar surface area (TPSA) is 59.1 Å². The Kier molecular flexibility index (Phi) is 7.30. The number of methoxy groups -OCH3 is 1. The average Bonchev–Trinajstić information content (AvgIpc) is 3.50. The SMILES string of the molecule is COc1ccccc1OC1C[C@H](C(=O)N2CCCC2)N(C(=O)CCCc2ccccc2)C1. The normalized spacial score (nSPS) is 20.4. The van der Waals surface area contributed by atoms with E-state index < -0.39 is 6.04 Å². The molecular weight excluding hydrogens is 404 g/mol. The fourth-order valence-corrected chi connectivity index (χ4v) is 4.67. The van der Waals surface area contributed by atoms with Gasteiger partial charge in [-0.05, 0) is 43.4 Å². The van der Waals surface area contributed by atoms with Crippen LogP contribution in [0.1, 0.15) is 37.7 Å². The summed E-state index contributed by atoms with van der Waals surface area (Å²) < 4.78 is 11.6. The van der Waals surface area contributed by atoms with E-state index in [-0.39, 0.29) is 17.9 Å². The molecule has 6 heteroatoms. The molecule has 2 fully saturated rings. The second kappa shape index (κ2) is 10.5. The zero-order valence-corrected chi connectivity index (χ0v) is 18.7. The van der Waals surface area contributed by atoms with Crippen molar-refractivity contribution in [3.63, 3.8) is 0 Å². The Balaban J connectivity index is 1.43. The molecule has 6 nitrogen and oxygen atoms in total. The first-order valence-corrected chi connectivity index (χ1v) is 11.6. The molecule has 2 aliphatic rings. The van der Waals surface area contributed by atoms with E-state index in [1.807, 2.05) is 47.4 Å². The Morgan fingerprint density at radius 3 is 2.38 bits per heavy atom. The monoisotopic (exact) mass is 436 g/mol. The Hall–Kier alpha value is -3.02. The van der Waals surface area contributed by atoms with E-state index in [2.05, 4.69) is 12.1 Å². The third kappa shape index (κ3) is 5.23. The van der Waals surface area contributed by atoms with Crippen LogP contribution in [-0.2, 0) is 16.0 Å². The summed E-state index contributed by atoms with van der Waals surface area (Å²) in [5.74, 6) is 1.39. The van der Waals surface area contributed by atoms with Gasteiger partial charge in [0.25, 0.3) is 0 Å². The van der Waals surface area contributed by atoms with Crippen molar-refractivity contribution in [1.82, 2.24) is 9.80 Å². The summed E-state index contributed by atoms with van der Waals surface area (Å²) in [6.07, 6.45) is 4.39. The molecule has 2 saturated heterocycles. The van der Waals surface area contributed by atoms with Gasteiger partial charge in [0.1, 0.15) is 12.1 Å². The summed E-state index contributed by atoms with van der Waals surface area (Å²) in [5, 5.41) is 0. The van der Waals surface area contributed by atoms with Crippen molar-refractivity contribution < 1.29 is 19.1 Å². The minimum Gasteiger partial charge on any atom is -0.493 e. The summed E-state index contributed by atoms with van der Waals surface area (Å²) >= 11 is 0. The largest absolute Gasteiger partial charge is 0.493 e. The number of rotatable bonds is 8. The van der Waals surface area contributed by atoms with E-state index in [0.29, 0.717) is 30.9 Å². The molecule has 2 aromatic carbocycles. The summed E-state index contributed by atoms with van der Waals surface area (Å²) in [5.41, 5.74) is 1.23. The first kappa shape index (κ1) is 22.2. The first-order chi connectivity index (χ1) is 15.7. The third-order valence-electron chi connectivity index (χ3n) is 6.35. The summed E-state index contributed by atoms with van der Waals surface area (Å²) in [7, 11) is 1.61. The third-order valence-corrected chi connectivity index (χ3v) is 6.35. The van der Waals surface area contributed by atoms with Gasteiger partial charge in [0.05, 0.1) is 13.7 Å². The molecule has 0 radical (unpaired) electrons. The number of nitrogens with zero attached hydrogens (tertiary/aromatic N) is 2. The molecule has 0 spiro atoms. The Morgan fingerprint density at radius 2 is 1.66 bits per heavy atom. The van der Waals surface area contributed by atoms with Gasteiger partial charge in [-0.25, -0.2) is 0 Å². The molecule has 0 N–H and O–H groups in total. The van der Waals surface area contributed by atoms with Crippen molar-refractivity contribution >= 4 is 11.8 Å². The number of likely N-dealkylation sites (tertiary alicyclic amines) is 2. The van der Waals surface area contributed by atoms with Crippen molar-refractivity contribution in [3.05, 3.63) is 60.2 Å². The smallest absolute Gasteiger partial charge is 0.245 e. The molecule has 0 aliphatic carbocycles. The number of carbonyl (C=O) groups excluding carboxylic acids is 2. The Morgan fingerprint density at radius 1 is 0.969 bits per heavy atom. The summed E-state index contributed by atoms with van der Waals surface area (Å²) in [6, 6.07) is 17.2. The number of amides is 2. The number of aryl methyl sites for hydroxylation is 1. The van der Waals surface area contributed by atoms with Gasteiger partial charge >= 0.3 is 0 Å². The lowest BCUT2D eigenvalue weighted by atomic mass is 10.1. The van der Waals surface area contributed by atoms with Crippen LogP contribution in [0.5, 0.6) is 11.5 Å². The fraction of sp³-hybridized carbons (Fsp3) is 0.462. The minimum atomic E-state index is -0.447. The highest BCUT2D eigenvalue weighted by Gasteiger charge is 2.42. The molecule has 2 amide bonds. The molecular formula is C26H32N2O4. The molecule has 0 aromatic heterocycles. The molecule has 1 unspecified atom stereocenters. The molecule has 0 saturated carbocycles. The Labute approximate surface area is 190 Å². The number of carbonyl (C=O) groups is 2. The molecule has 0 bridgehead atoms. The van der Waals surface area contributed by atoms with E-state index >= 15 is 0 Å². The number of ether oxygens (including phenoxy) is 2. The van der Waals surface area contributed by atoms with Crippen LogP contribution in [0, 0.1) is 0 Å². The van der Waals surface area contributed by atoms with Crippen molar-refractivity contribution in [3.8, 4) is 11.5 Å². The van der Waals surface area contributed by atoms with Crippen LogP contribution >= 0.6 is 0 Å². The van der Waals surface area contributed by atoms with Gasteiger partial charge in [-0.15, -0.1) is 0 Å². The summed E-state index contributed by atoms with van der Waals surface area (Å²) in [4.78, 5) is 30.1. The van der Waals surface area contributed by atoms with Crippen molar-refractivity contribution in [1.29, 1.82) is 0 Å². The maximum atomic E-state index is 13.2. The van der Waals surface area contributed by atoms with Crippen LogP contribution in [0.4, 0.5) is 0 Å². The predicted molar refractivity (Wildman–Crippen MR) is 123 cm³/mol. The van der Waals surface area contributed by atoms with E-state index in [1.54, 1.807) is 12.0 Å². The molecule has 4 rings (SSSR count). The summed E-state index contributed by atoms with van der Waals surface area (Å²) in [6.45, 7) is 1.99. The lowest BCUT2D eigenvalue weighted by Gasteiger charge is -2.27. The average molecular weight is 437 g/mol. The molecule has 170 valence electrons. The standard InChI is InChI=1S/C26H32N2O4/c1-31-23-13-5-6-14-24(23)32-21-18-22(26(30)27-16-7-8-17-27)28(19-21)25(29)15-9-12-20-10-3-2-4-11-20/h2-6,10-11,13-14,21-22H,7-9,12,15-19H2,1H3/t21?,22-/m1/s1. The lowest BCUT2D eigenvalue weighted by Crippen LogP contribution is -2.46. The molecule has 32 heavy (non-hydrogen) atoms. The van der Waals surface area contributed by atoms with Crippen molar-refractivity contribution in [2.75, 3.05) is 26.7 Å². The highest BCUT2D eigenvalue weighted by Crippen LogP contribution is 2.31. The molecule has 2 aromatic rings. The minimum absolute atomic E-state index is 0.0320. The predicted octanol–water partition coefficient (Wildman–Crippen LogP) is 3.69. The zero-order valence-electron chi connectivity index (χ0n) is 18.7. The number of hydrogen-bond donors (Lipinski definition) is 0. The van der Waals surface area contributed by atoms with Gasteiger partial charge in [0.15, 0.2) is 11.5 Å². The molecule has 2 atom stereocenters. The van der Waals surface area contributed by atoms with Crippen molar-refractivity contribution in [2.24, 2.45) is 0 Å². The van der Waals surface area contributed by atoms with Crippen LogP contribution in [0.3, 0.4) is 0 Å². The second-order valence-corrected chi connectivity index (χ2v) is 8.56. The molecule has 2 aliphatic heterocycles. The van der Waals surface area contributed by atoms with Gasteiger partial charge in [0, 0.05) is 25.9 Å². The van der Waals surface area contributed by atoms with Crippen LogP contribution in [0.2, 0.25) is 0 Å².